The predicted octanol–water partition coefficient (Wildman–Crippen LogP) is 2.35. The van der Waals surface area contributed by atoms with Gasteiger partial charge in [-0.3, -0.25) is 0 Å². The van der Waals surface area contributed by atoms with Gasteiger partial charge in [0.2, 0.25) is 5.89 Å². The molecule has 0 fully saturated rings. The van der Waals surface area contributed by atoms with E-state index in [1.165, 1.54) is 0 Å². The number of oxazole rings is 1. The van der Waals surface area contributed by atoms with Gasteiger partial charge in [-0.05, 0) is 32.8 Å². The Labute approximate surface area is 161 Å². The molecule has 0 amide bonds. The highest BCUT2D eigenvalue weighted by Gasteiger charge is 2.12. The van der Waals surface area contributed by atoms with Crippen molar-refractivity contribution >= 4 is 15.8 Å². The molecule has 2 N–H and O–H groups in total. The minimum absolute atomic E-state index is 0.0743. The Morgan fingerprint density at radius 2 is 1.93 bits per heavy atom. The number of nitrogens with zero attached hydrogens (tertiary/aromatic N) is 2. The summed E-state index contributed by atoms with van der Waals surface area (Å²) in [7, 11) is -3.13. The molecule has 0 saturated heterocycles. The molecule has 0 bridgehead atoms. The molecule has 0 radical (unpaired) electrons. The van der Waals surface area contributed by atoms with Crippen LogP contribution in [0.5, 0.6) is 0 Å². The van der Waals surface area contributed by atoms with Crippen LogP contribution in [0.2, 0.25) is 0 Å². The average molecular weight is 393 g/mol. The summed E-state index contributed by atoms with van der Waals surface area (Å²) in [6, 6.07) is 9.24. The fourth-order valence-corrected chi connectivity index (χ4v) is 3.92. The quantitative estimate of drug-likeness (QED) is 0.386. The van der Waals surface area contributed by atoms with Crippen molar-refractivity contribution in [3.8, 4) is 0 Å². The Bertz CT molecular complexity index is 826. The van der Waals surface area contributed by atoms with Crippen molar-refractivity contribution in [1.29, 1.82) is 0 Å². The Balaban J connectivity index is 1.80. The molecule has 0 atom stereocenters. The van der Waals surface area contributed by atoms with Gasteiger partial charge < -0.3 is 15.1 Å². The first-order valence-corrected chi connectivity index (χ1v) is 10.9. The highest BCUT2D eigenvalue weighted by Crippen LogP contribution is 2.09. The van der Waals surface area contributed by atoms with Gasteiger partial charge in [-0.25, -0.2) is 18.4 Å². The van der Waals surface area contributed by atoms with Crippen LogP contribution in [0.4, 0.5) is 0 Å². The predicted molar refractivity (Wildman–Crippen MR) is 107 cm³/mol. The van der Waals surface area contributed by atoms with Crippen LogP contribution in [-0.4, -0.2) is 38.2 Å². The van der Waals surface area contributed by atoms with Crippen LogP contribution in [0.25, 0.3) is 0 Å². The highest BCUT2D eigenvalue weighted by molar-refractivity contribution is 7.90. The van der Waals surface area contributed by atoms with E-state index in [1.807, 2.05) is 51.1 Å². The van der Waals surface area contributed by atoms with Gasteiger partial charge in [0.25, 0.3) is 0 Å². The number of sulfone groups is 1. The maximum atomic E-state index is 12.2. The van der Waals surface area contributed by atoms with E-state index >= 15 is 0 Å². The molecule has 0 spiro atoms. The number of hydrogen-bond acceptors (Lipinski definition) is 5. The SMILES string of the molecule is CCNC(=NCc1nc(C)c(C)o1)NCCCS(=O)(=O)Cc1ccccc1. The van der Waals surface area contributed by atoms with Gasteiger partial charge in [0.15, 0.2) is 15.8 Å². The van der Waals surface area contributed by atoms with Crippen molar-refractivity contribution in [3.63, 3.8) is 0 Å². The summed E-state index contributed by atoms with van der Waals surface area (Å²) in [5.41, 5.74) is 1.68. The minimum Gasteiger partial charge on any atom is -0.444 e. The van der Waals surface area contributed by atoms with Gasteiger partial charge in [-0.2, -0.15) is 0 Å². The summed E-state index contributed by atoms with van der Waals surface area (Å²) in [5.74, 6) is 2.18. The summed E-state index contributed by atoms with van der Waals surface area (Å²) < 4.78 is 30.0. The van der Waals surface area contributed by atoms with Gasteiger partial charge in [0, 0.05) is 13.1 Å². The monoisotopic (exact) mass is 392 g/mol. The first-order valence-electron chi connectivity index (χ1n) is 9.09. The van der Waals surface area contributed by atoms with Crippen LogP contribution in [0.15, 0.2) is 39.7 Å². The molecule has 148 valence electrons. The summed E-state index contributed by atoms with van der Waals surface area (Å²) in [6.07, 6.45) is 0.511. The van der Waals surface area contributed by atoms with E-state index in [0.717, 1.165) is 17.0 Å². The summed E-state index contributed by atoms with van der Waals surface area (Å²) in [4.78, 5) is 8.73. The topological polar surface area (TPSA) is 96.6 Å². The van der Waals surface area contributed by atoms with Crippen molar-refractivity contribution in [3.05, 3.63) is 53.2 Å². The van der Waals surface area contributed by atoms with Crippen molar-refractivity contribution in [2.45, 2.75) is 39.5 Å². The molecular weight excluding hydrogens is 364 g/mol. The molecule has 7 nitrogen and oxygen atoms in total. The standard InChI is InChI=1S/C19H28N4O3S/c1-4-20-19(22-13-18-23-15(2)16(3)26-18)21-11-8-12-27(24,25)14-17-9-6-5-7-10-17/h5-7,9-10H,4,8,11-14H2,1-3H3,(H2,20,21,22). The third kappa shape index (κ3) is 7.42. The fourth-order valence-electron chi connectivity index (χ4n) is 2.49. The fraction of sp³-hybridized carbons (Fsp3) is 0.474. The second kappa shape index (κ2) is 10.1. The van der Waals surface area contributed by atoms with E-state index in [-0.39, 0.29) is 11.5 Å². The first kappa shape index (κ1) is 21.0. The molecule has 2 aromatic rings. The number of aryl methyl sites for hydroxylation is 2. The lowest BCUT2D eigenvalue weighted by Crippen LogP contribution is -2.38. The van der Waals surface area contributed by atoms with Crippen LogP contribution < -0.4 is 10.6 Å². The largest absolute Gasteiger partial charge is 0.444 e. The van der Waals surface area contributed by atoms with Gasteiger partial charge in [-0.15, -0.1) is 0 Å². The van der Waals surface area contributed by atoms with Crippen LogP contribution in [0.1, 0.15) is 36.3 Å². The van der Waals surface area contributed by atoms with Crippen LogP contribution in [-0.2, 0) is 22.1 Å². The molecular formula is C19H28N4O3S. The Kier molecular flexibility index (Phi) is 7.84. The normalized spacial score (nSPS) is 12.2. The van der Waals surface area contributed by atoms with Crippen LogP contribution >= 0.6 is 0 Å². The van der Waals surface area contributed by atoms with E-state index < -0.39 is 9.84 Å². The van der Waals surface area contributed by atoms with Crippen LogP contribution in [0.3, 0.4) is 0 Å². The lowest BCUT2D eigenvalue weighted by molar-refractivity contribution is 0.473. The number of benzene rings is 1. The number of guanidine groups is 1. The zero-order chi connectivity index (χ0) is 19.7. The third-order valence-electron chi connectivity index (χ3n) is 3.94. The lowest BCUT2D eigenvalue weighted by atomic mass is 10.2. The molecule has 0 aliphatic rings. The molecule has 1 heterocycles. The van der Waals surface area contributed by atoms with Crippen molar-refractivity contribution in [2.75, 3.05) is 18.8 Å². The Morgan fingerprint density at radius 3 is 2.56 bits per heavy atom. The molecule has 1 aromatic carbocycles. The second-order valence-electron chi connectivity index (χ2n) is 6.30. The van der Waals surface area contributed by atoms with E-state index in [2.05, 4.69) is 20.6 Å². The maximum Gasteiger partial charge on any atom is 0.216 e. The number of aromatic nitrogens is 1. The zero-order valence-electron chi connectivity index (χ0n) is 16.2. The highest BCUT2D eigenvalue weighted by atomic mass is 32.2. The van der Waals surface area contributed by atoms with Gasteiger partial charge in [0.05, 0.1) is 17.2 Å². The van der Waals surface area contributed by atoms with E-state index in [4.69, 9.17) is 4.42 Å². The molecule has 27 heavy (non-hydrogen) atoms. The summed E-state index contributed by atoms with van der Waals surface area (Å²) in [6.45, 7) is 7.29. The molecule has 0 aliphatic heterocycles. The van der Waals surface area contributed by atoms with E-state index in [1.54, 1.807) is 0 Å². The van der Waals surface area contributed by atoms with Crippen molar-refractivity contribution in [1.82, 2.24) is 15.6 Å². The lowest BCUT2D eigenvalue weighted by Gasteiger charge is -2.11. The van der Waals surface area contributed by atoms with E-state index in [9.17, 15) is 8.42 Å². The Hall–Kier alpha value is -2.35. The van der Waals surface area contributed by atoms with Crippen LogP contribution in [0, 0.1) is 13.8 Å². The zero-order valence-corrected chi connectivity index (χ0v) is 17.0. The number of nitrogens with one attached hydrogen (secondary N) is 2. The minimum atomic E-state index is -3.13. The van der Waals surface area contributed by atoms with Gasteiger partial charge in [0.1, 0.15) is 12.3 Å². The summed E-state index contributed by atoms with van der Waals surface area (Å²) >= 11 is 0. The number of hydrogen-bond donors (Lipinski definition) is 2. The summed E-state index contributed by atoms with van der Waals surface area (Å²) in [5, 5.41) is 6.29. The molecule has 1 aromatic heterocycles. The number of aliphatic imine (C=N–C) groups is 1. The third-order valence-corrected chi connectivity index (χ3v) is 5.63. The molecule has 2 rings (SSSR count). The average Bonchev–Trinajstić information content (AvgIpc) is 2.95. The first-order chi connectivity index (χ1) is 12.9. The second-order valence-corrected chi connectivity index (χ2v) is 8.49. The molecule has 0 aliphatic carbocycles. The molecule has 8 heteroatoms. The van der Waals surface area contributed by atoms with Crippen molar-refractivity contribution < 1.29 is 12.8 Å². The van der Waals surface area contributed by atoms with Gasteiger partial charge in [-0.1, -0.05) is 30.3 Å². The van der Waals surface area contributed by atoms with E-state index in [0.29, 0.717) is 37.9 Å². The van der Waals surface area contributed by atoms with Gasteiger partial charge >= 0.3 is 0 Å². The van der Waals surface area contributed by atoms with Crippen molar-refractivity contribution in [2.24, 2.45) is 4.99 Å². The molecule has 0 unspecified atom stereocenters. The Morgan fingerprint density at radius 1 is 1.19 bits per heavy atom. The maximum absolute atomic E-state index is 12.2. The smallest absolute Gasteiger partial charge is 0.216 e. The number of rotatable bonds is 9. The molecule has 0 saturated carbocycles.